The first kappa shape index (κ1) is 17.3. The van der Waals surface area contributed by atoms with E-state index in [1.807, 2.05) is 0 Å². The van der Waals surface area contributed by atoms with Gasteiger partial charge in [-0.25, -0.2) is 0 Å². The maximum absolute atomic E-state index is 6.34. The van der Waals surface area contributed by atoms with Crippen molar-refractivity contribution in [3.8, 4) is 0 Å². The second-order valence-corrected chi connectivity index (χ2v) is 8.66. The van der Waals surface area contributed by atoms with Gasteiger partial charge in [-0.2, -0.15) is 0 Å². The van der Waals surface area contributed by atoms with Crippen molar-refractivity contribution in [3.05, 3.63) is 0 Å². The van der Waals surface area contributed by atoms with Gasteiger partial charge in [0.1, 0.15) is 0 Å². The molecule has 124 valence electrons. The normalized spacial score (nSPS) is 36.6. The molecule has 2 unspecified atom stereocenters. The zero-order chi connectivity index (χ0) is 15.7. The minimum absolute atomic E-state index is 0.00254. The van der Waals surface area contributed by atoms with Gasteiger partial charge >= 0.3 is 0 Å². The molecule has 1 N–H and O–H groups in total. The van der Waals surface area contributed by atoms with E-state index in [0.29, 0.717) is 12.0 Å². The number of rotatable bonds is 5. The van der Waals surface area contributed by atoms with Gasteiger partial charge in [0.2, 0.25) is 0 Å². The molecule has 0 aromatic heterocycles. The van der Waals surface area contributed by atoms with Gasteiger partial charge in [0, 0.05) is 12.0 Å². The number of ether oxygens (including phenoxy) is 1. The second kappa shape index (κ2) is 6.58. The van der Waals surface area contributed by atoms with Crippen molar-refractivity contribution >= 4 is 0 Å². The van der Waals surface area contributed by atoms with Crippen LogP contribution in [0.5, 0.6) is 0 Å². The Labute approximate surface area is 132 Å². The van der Waals surface area contributed by atoms with Crippen molar-refractivity contribution in [3.63, 3.8) is 0 Å². The summed E-state index contributed by atoms with van der Waals surface area (Å²) in [7, 11) is 2.16. The van der Waals surface area contributed by atoms with Crippen molar-refractivity contribution < 1.29 is 4.74 Å². The Hall–Kier alpha value is -0.0800. The van der Waals surface area contributed by atoms with E-state index in [4.69, 9.17) is 4.74 Å². The molecule has 1 heterocycles. The Morgan fingerprint density at radius 2 is 1.71 bits per heavy atom. The van der Waals surface area contributed by atoms with Crippen molar-refractivity contribution in [1.82, 2.24) is 5.32 Å². The smallest absolute Gasteiger partial charge is 0.0677 e. The lowest BCUT2D eigenvalue weighted by Gasteiger charge is -2.40. The van der Waals surface area contributed by atoms with E-state index in [9.17, 15) is 0 Å². The molecule has 0 aromatic carbocycles. The average molecular weight is 296 g/mol. The van der Waals surface area contributed by atoms with Gasteiger partial charge in [-0.3, -0.25) is 0 Å². The highest BCUT2D eigenvalue weighted by Gasteiger charge is 2.50. The Morgan fingerprint density at radius 3 is 2.14 bits per heavy atom. The van der Waals surface area contributed by atoms with Crippen LogP contribution in [0, 0.1) is 17.8 Å². The van der Waals surface area contributed by atoms with Crippen molar-refractivity contribution in [1.29, 1.82) is 0 Å². The van der Waals surface area contributed by atoms with Crippen LogP contribution in [0.4, 0.5) is 0 Å². The van der Waals surface area contributed by atoms with Gasteiger partial charge in [0.05, 0.1) is 11.2 Å². The third-order valence-electron chi connectivity index (χ3n) is 6.01. The first-order valence-electron chi connectivity index (χ1n) is 9.16. The monoisotopic (exact) mass is 295 g/mol. The Kier molecular flexibility index (Phi) is 5.41. The lowest BCUT2D eigenvalue weighted by atomic mass is 9.70. The van der Waals surface area contributed by atoms with Crippen LogP contribution in [0.2, 0.25) is 0 Å². The fourth-order valence-corrected chi connectivity index (χ4v) is 5.17. The van der Waals surface area contributed by atoms with Crippen LogP contribution in [0.1, 0.15) is 79.6 Å². The average Bonchev–Trinajstić information content (AvgIpc) is 2.61. The Bertz CT molecular complexity index is 328. The lowest BCUT2D eigenvalue weighted by Crippen LogP contribution is -2.48. The van der Waals surface area contributed by atoms with Crippen LogP contribution in [0.3, 0.4) is 0 Å². The van der Waals surface area contributed by atoms with E-state index in [1.165, 1.54) is 44.9 Å². The molecule has 0 spiro atoms. The van der Waals surface area contributed by atoms with E-state index >= 15 is 0 Å². The summed E-state index contributed by atoms with van der Waals surface area (Å²) < 4.78 is 6.34. The van der Waals surface area contributed by atoms with Crippen LogP contribution in [0.25, 0.3) is 0 Å². The van der Waals surface area contributed by atoms with Crippen molar-refractivity contribution in [2.75, 3.05) is 7.05 Å². The predicted molar refractivity (Wildman–Crippen MR) is 90.6 cm³/mol. The molecule has 21 heavy (non-hydrogen) atoms. The summed E-state index contributed by atoms with van der Waals surface area (Å²) in [5.74, 6) is 2.46. The van der Waals surface area contributed by atoms with Gasteiger partial charge in [-0.15, -0.1) is 0 Å². The van der Waals surface area contributed by atoms with Gasteiger partial charge in [-0.05, 0) is 65.8 Å². The third kappa shape index (κ3) is 4.01. The van der Waals surface area contributed by atoms with E-state index < -0.39 is 0 Å². The van der Waals surface area contributed by atoms with Crippen LogP contribution in [-0.4, -0.2) is 24.3 Å². The van der Waals surface area contributed by atoms with Gasteiger partial charge in [-0.1, -0.05) is 32.6 Å². The maximum atomic E-state index is 6.34. The molecule has 2 nitrogen and oxygen atoms in total. The van der Waals surface area contributed by atoms with Crippen LogP contribution in [-0.2, 0) is 4.74 Å². The quantitative estimate of drug-likeness (QED) is 0.788. The molecule has 1 aliphatic heterocycles. The molecule has 0 radical (unpaired) electrons. The minimum Gasteiger partial charge on any atom is -0.369 e. The highest BCUT2D eigenvalue weighted by Crippen LogP contribution is 2.47. The standard InChI is InChI=1S/C19H37NO/c1-7-8-14-9-11-15(12-10-14)17(20-6)16-13-18(2,3)21-19(16,4)5/h14-17,20H,7-13H2,1-6H3. The summed E-state index contributed by atoms with van der Waals surface area (Å²) in [5.41, 5.74) is 0.0279. The molecule has 2 rings (SSSR count). The number of hydrogen-bond acceptors (Lipinski definition) is 2. The molecule has 2 aliphatic rings. The first-order chi connectivity index (χ1) is 9.79. The first-order valence-corrected chi connectivity index (χ1v) is 9.16. The summed E-state index contributed by atoms with van der Waals surface area (Å²) in [4.78, 5) is 0. The second-order valence-electron chi connectivity index (χ2n) is 8.66. The minimum atomic E-state index is -0.00254. The molecule has 2 atom stereocenters. The molecule has 1 saturated heterocycles. The molecule has 1 aliphatic carbocycles. The molecule has 2 fully saturated rings. The fraction of sp³-hybridized carbons (Fsp3) is 1.00. The largest absolute Gasteiger partial charge is 0.369 e. The molecule has 1 saturated carbocycles. The summed E-state index contributed by atoms with van der Waals surface area (Å²) >= 11 is 0. The van der Waals surface area contributed by atoms with E-state index in [2.05, 4.69) is 47.0 Å². The third-order valence-corrected chi connectivity index (χ3v) is 6.01. The molecule has 2 heteroatoms. The summed E-state index contributed by atoms with van der Waals surface area (Å²) in [6.45, 7) is 11.4. The summed E-state index contributed by atoms with van der Waals surface area (Å²) in [5, 5.41) is 3.67. The van der Waals surface area contributed by atoms with Crippen molar-refractivity contribution in [2.45, 2.75) is 96.8 Å². The maximum Gasteiger partial charge on any atom is 0.0677 e. The van der Waals surface area contributed by atoms with Crippen molar-refractivity contribution in [2.24, 2.45) is 17.8 Å². The zero-order valence-electron chi connectivity index (χ0n) is 15.2. The van der Waals surface area contributed by atoms with E-state index in [-0.39, 0.29) is 11.2 Å². The van der Waals surface area contributed by atoms with Crippen LogP contribution < -0.4 is 5.32 Å². The highest BCUT2D eigenvalue weighted by molar-refractivity contribution is 5.01. The van der Waals surface area contributed by atoms with Gasteiger partial charge in [0.25, 0.3) is 0 Å². The molecule has 0 amide bonds. The molecule has 0 bridgehead atoms. The summed E-state index contributed by atoms with van der Waals surface area (Å²) in [6, 6.07) is 0.615. The predicted octanol–water partition coefficient (Wildman–Crippen LogP) is 4.77. The van der Waals surface area contributed by atoms with E-state index in [0.717, 1.165) is 11.8 Å². The van der Waals surface area contributed by atoms with Gasteiger partial charge < -0.3 is 10.1 Å². The topological polar surface area (TPSA) is 21.3 Å². The fourth-order valence-electron chi connectivity index (χ4n) is 5.17. The number of hydrogen-bond donors (Lipinski definition) is 1. The molecular weight excluding hydrogens is 258 g/mol. The van der Waals surface area contributed by atoms with Crippen LogP contribution in [0.15, 0.2) is 0 Å². The number of nitrogens with one attached hydrogen (secondary N) is 1. The van der Waals surface area contributed by atoms with Crippen LogP contribution >= 0.6 is 0 Å². The highest BCUT2D eigenvalue weighted by atomic mass is 16.5. The molecule has 0 aromatic rings. The van der Waals surface area contributed by atoms with Gasteiger partial charge in [0.15, 0.2) is 0 Å². The summed E-state index contributed by atoms with van der Waals surface area (Å²) in [6.07, 6.45) is 9.65. The molecular formula is C19H37NO. The SMILES string of the molecule is CCCC1CCC(C(NC)C2CC(C)(C)OC2(C)C)CC1. The zero-order valence-corrected chi connectivity index (χ0v) is 15.2. The van der Waals surface area contributed by atoms with E-state index in [1.54, 1.807) is 0 Å². The Morgan fingerprint density at radius 1 is 1.10 bits per heavy atom. The Balaban J connectivity index is 2.00. The lowest BCUT2D eigenvalue weighted by molar-refractivity contribution is -0.0801.